The van der Waals surface area contributed by atoms with E-state index < -0.39 is 0 Å². The molecule has 0 radical (unpaired) electrons. The number of unbranched alkanes of at least 4 members (excludes halogenated alkanes) is 1. The van der Waals surface area contributed by atoms with Gasteiger partial charge < -0.3 is 14.4 Å². The highest BCUT2D eigenvalue weighted by molar-refractivity contribution is 9.10. The van der Waals surface area contributed by atoms with Crippen molar-refractivity contribution in [3.63, 3.8) is 0 Å². The topological polar surface area (TPSA) is 45.6 Å². The molecule has 1 heterocycles. The van der Waals surface area contributed by atoms with Gasteiger partial charge in [0.05, 0.1) is 6.54 Å². The zero-order valence-corrected chi connectivity index (χ0v) is 19.5. The monoisotopic (exact) mass is 461 g/mol. The first-order valence-electron chi connectivity index (χ1n) is 10.3. The Morgan fingerprint density at radius 1 is 1.17 bits per heavy atom. The molecule has 0 aliphatic carbocycles. The van der Waals surface area contributed by atoms with Gasteiger partial charge in [-0.25, -0.2) is 0 Å². The average molecular weight is 462 g/mol. The zero-order valence-electron chi connectivity index (χ0n) is 17.9. The maximum atomic E-state index is 13.2. The fraction of sp³-hybridized carbons (Fsp3) is 0.478. The molecule has 1 aromatic carbocycles. The van der Waals surface area contributed by atoms with Crippen molar-refractivity contribution >= 4 is 27.7 Å². The summed E-state index contributed by atoms with van der Waals surface area (Å²) in [6, 6.07) is 11.3. The Morgan fingerprint density at radius 2 is 1.93 bits per heavy atom. The van der Waals surface area contributed by atoms with Gasteiger partial charge in [-0.15, -0.1) is 0 Å². The van der Waals surface area contributed by atoms with E-state index in [-0.39, 0.29) is 24.4 Å². The second-order valence-corrected chi connectivity index (χ2v) is 8.40. The third kappa shape index (κ3) is 6.46. The zero-order chi connectivity index (χ0) is 21.4. The smallest absolute Gasteiger partial charge is 0.254 e. The first kappa shape index (κ1) is 23.2. The first-order chi connectivity index (χ1) is 13.9. The summed E-state index contributed by atoms with van der Waals surface area (Å²) in [6.45, 7) is 7.50. The molecule has 1 unspecified atom stereocenters. The number of halogens is 1. The minimum Gasteiger partial charge on any atom is -0.353 e. The maximum absolute atomic E-state index is 13.2. The predicted octanol–water partition coefficient (Wildman–Crippen LogP) is 4.86. The average Bonchev–Trinajstić information content (AvgIpc) is 3.12. The molecule has 1 atom stereocenters. The van der Waals surface area contributed by atoms with Gasteiger partial charge >= 0.3 is 0 Å². The van der Waals surface area contributed by atoms with E-state index in [2.05, 4.69) is 22.9 Å². The number of hydrogen-bond acceptors (Lipinski definition) is 2. The standard InChI is InChI=1S/C23H32BrN3O2/c1-5-7-14-26(16-21-12-9-13-25(21)4)22(28)17-27(18(3)6-2)23(29)19-10-8-11-20(24)15-19/h8-13,15,18H,5-7,14,16-17H2,1-4H3. The van der Waals surface area contributed by atoms with E-state index in [1.807, 2.05) is 60.8 Å². The normalized spacial score (nSPS) is 11.9. The van der Waals surface area contributed by atoms with Crippen LogP contribution < -0.4 is 0 Å². The van der Waals surface area contributed by atoms with Crippen molar-refractivity contribution in [2.75, 3.05) is 13.1 Å². The van der Waals surface area contributed by atoms with E-state index in [9.17, 15) is 9.59 Å². The summed E-state index contributed by atoms with van der Waals surface area (Å²) in [5.74, 6) is -0.119. The Hall–Kier alpha value is -2.08. The molecule has 5 nitrogen and oxygen atoms in total. The van der Waals surface area contributed by atoms with Crippen LogP contribution in [0.3, 0.4) is 0 Å². The Labute approximate surface area is 182 Å². The number of carbonyl (C=O) groups is 2. The molecule has 29 heavy (non-hydrogen) atoms. The molecule has 2 rings (SSSR count). The van der Waals surface area contributed by atoms with Crippen LogP contribution in [0, 0.1) is 0 Å². The molecular formula is C23H32BrN3O2. The van der Waals surface area contributed by atoms with Crippen LogP contribution in [0.25, 0.3) is 0 Å². The Bertz CT molecular complexity index is 818. The molecule has 0 saturated heterocycles. The molecular weight excluding hydrogens is 430 g/mol. The summed E-state index contributed by atoms with van der Waals surface area (Å²) < 4.78 is 2.89. The van der Waals surface area contributed by atoms with Crippen LogP contribution in [0.15, 0.2) is 47.1 Å². The van der Waals surface area contributed by atoms with Gasteiger partial charge in [0.2, 0.25) is 5.91 Å². The molecule has 2 aromatic rings. The van der Waals surface area contributed by atoms with Crippen molar-refractivity contribution < 1.29 is 9.59 Å². The number of aromatic nitrogens is 1. The highest BCUT2D eigenvalue weighted by Crippen LogP contribution is 2.17. The lowest BCUT2D eigenvalue weighted by Crippen LogP contribution is -2.46. The van der Waals surface area contributed by atoms with Gasteiger partial charge in [0.25, 0.3) is 5.91 Å². The van der Waals surface area contributed by atoms with Crippen molar-refractivity contribution in [1.29, 1.82) is 0 Å². The van der Waals surface area contributed by atoms with E-state index in [4.69, 9.17) is 0 Å². The predicted molar refractivity (Wildman–Crippen MR) is 121 cm³/mol. The Balaban J connectivity index is 2.20. The van der Waals surface area contributed by atoms with E-state index in [0.29, 0.717) is 18.7 Å². The minimum atomic E-state index is -0.108. The molecule has 0 fully saturated rings. The molecule has 0 aliphatic rings. The van der Waals surface area contributed by atoms with Crippen LogP contribution in [0.2, 0.25) is 0 Å². The minimum absolute atomic E-state index is 0.0108. The SMILES string of the molecule is CCCCN(Cc1cccn1C)C(=O)CN(C(=O)c1cccc(Br)c1)C(C)CC. The second-order valence-electron chi connectivity index (χ2n) is 7.48. The molecule has 0 saturated carbocycles. The Morgan fingerprint density at radius 3 is 2.52 bits per heavy atom. The van der Waals surface area contributed by atoms with Crippen molar-refractivity contribution in [3.8, 4) is 0 Å². The van der Waals surface area contributed by atoms with E-state index in [0.717, 1.165) is 29.4 Å². The third-order valence-corrected chi connectivity index (χ3v) is 5.79. The van der Waals surface area contributed by atoms with Gasteiger partial charge in [-0.1, -0.05) is 42.3 Å². The van der Waals surface area contributed by atoms with Crippen LogP contribution in [0.1, 0.15) is 56.1 Å². The summed E-state index contributed by atoms with van der Waals surface area (Å²) in [4.78, 5) is 30.0. The molecule has 158 valence electrons. The van der Waals surface area contributed by atoms with Gasteiger partial charge in [-0.2, -0.15) is 0 Å². The molecule has 0 N–H and O–H groups in total. The molecule has 2 amide bonds. The highest BCUT2D eigenvalue weighted by atomic mass is 79.9. The fourth-order valence-electron chi connectivity index (χ4n) is 3.18. The number of hydrogen-bond donors (Lipinski definition) is 0. The van der Waals surface area contributed by atoms with Gasteiger partial charge in [-0.05, 0) is 50.1 Å². The van der Waals surface area contributed by atoms with Crippen molar-refractivity contribution in [2.45, 2.75) is 52.6 Å². The summed E-state index contributed by atoms with van der Waals surface area (Å²) in [5.41, 5.74) is 1.68. The highest BCUT2D eigenvalue weighted by Gasteiger charge is 2.26. The van der Waals surface area contributed by atoms with Gasteiger partial charge in [0, 0.05) is 41.6 Å². The lowest BCUT2D eigenvalue weighted by molar-refractivity contribution is -0.133. The summed E-state index contributed by atoms with van der Waals surface area (Å²) in [7, 11) is 1.99. The van der Waals surface area contributed by atoms with Crippen LogP contribution in [-0.4, -0.2) is 45.3 Å². The lowest BCUT2D eigenvalue weighted by Gasteiger charge is -2.31. The number of rotatable bonds is 10. The largest absolute Gasteiger partial charge is 0.353 e. The fourth-order valence-corrected chi connectivity index (χ4v) is 3.58. The van der Waals surface area contributed by atoms with Crippen molar-refractivity contribution in [2.24, 2.45) is 7.05 Å². The van der Waals surface area contributed by atoms with Gasteiger partial charge in [0.1, 0.15) is 6.54 Å². The molecule has 6 heteroatoms. The molecule has 0 aliphatic heterocycles. The number of nitrogens with zero attached hydrogens (tertiary/aromatic N) is 3. The van der Waals surface area contributed by atoms with Crippen LogP contribution in [-0.2, 0) is 18.4 Å². The summed E-state index contributed by atoms with van der Waals surface area (Å²) >= 11 is 3.43. The van der Waals surface area contributed by atoms with Crippen LogP contribution in [0.4, 0.5) is 0 Å². The number of amides is 2. The maximum Gasteiger partial charge on any atom is 0.254 e. The quantitative estimate of drug-likeness (QED) is 0.507. The molecule has 0 spiro atoms. The van der Waals surface area contributed by atoms with E-state index >= 15 is 0 Å². The Kier molecular flexibility index (Phi) is 8.96. The number of carbonyl (C=O) groups excluding carboxylic acids is 2. The number of benzene rings is 1. The lowest BCUT2D eigenvalue weighted by atomic mass is 10.1. The van der Waals surface area contributed by atoms with Crippen molar-refractivity contribution in [1.82, 2.24) is 14.4 Å². The molecule has 1 aromatic heterocycles. The van der Waals surface area contributed by atoms with Gasteiger partial charge in [0.15, 0.2) is 0 Å². The number of aryl methyl sites for hydroxylation is 1. The van der Waals surface area contributed by atoms with Crippen LogP contribution in [0.5, 0.6) is 0 Å². The third-order valence-electron chi connectivity index (χ3n) is 5.30. The summed E-state index contributed by atoms with van der Waals surface area (Å²) in [6.07, 6.45) is 4.74. The second kappa shape index (κ2) is 11.2. The van der Waals surface area contributed by atoms with E-state index in [1.54, 1.807) is 17.0 Å². The first-order valence-corrected chi connectivity index (χ1v) is 11.1. The van der Waals surface area contributed by atoms with E-state index in [1.165, 1.54) is 0 Å². The summed E-state index contributed by atoms with van der Waals surface area (Å²) in [5, 5.41) is 0. The molecule has 0 bridgehead atoms. The van der Waals surface area contributed by atoms with Crippen molar-refractivity contribution in [3.05, 3.63) is 58.3 Å². The van der Waals surface area contributed by atoms with Crippen LogP contribution >= 0.6 is 15.9 Å². The van der Waals surface area contributed by atoms with Gasteiger partial charge in [-0.3, -0.25) is 9.59 Å².